The number of benzene rings is 2. The van der Waals surface area contributed by atoms with Gasteiger partial charge in [0, 0.05) is 43.5 Å². The summed E-state index contributed by atoms with van der Waals surface area (Å²) in [5.74, 6) is -2.90. The fraction of sp³-hybridized carbons (Fsp3) is 0.444. The third kappa shape index (κ3) is 14.0. The Morgan fingerprint density at radius 3 is 1.92 bits per heavy atom. The lowest BCUT2D eigenvalue weighted by atomic mass is 10.1. The summed E-state index contributed by atoms with van der Waals surface area (Å²) in [6, 6.07) is 7.37. The number of fused-ring (bicyclic) bond motifs is 1. The number of carbonyl (C=O) groups is 3. The average molecular weight is 779 g/mol. The standard InChI is InChI=1S/C15H23N3O12P2.C12H14N2O6/c16-6-1-2-14(19)17-7-5-11-13(4-3-12(15(11)17)18(20)21)30-10(8-28-31(22,23)24)9-29-32(25,26)27;13-7-3-6-10(15)20-11(12(16)17)8-4-1-2-5-9(8)14(18)19/h3-4,10H,1-2,5-9,16H2,(H2,22,23,24)(H2,25,26,27);1-2,4-5,11H,3,6-7,13H2,(H,16,17)/p-3. The molecule has 3 rings (SSSR count). The molecular weight excluding hydrogens is 744 g/mol. The molecule has 288 valence electrons. The number of aliphatic carboxylic acids is 1. The molecule has 1 aliphatic rings. The van der Waals surface area contributed by atoms with Crippen LogP contribution in [-0.4, -0.2) is 66.6 Å². The Kier molecular flexibility index (Phi) is 16.8. The fourth-order valence-corrected chi connectivity index (χ4v) is 5.32. The molecule has 0 aromatic heterocycles. The first-order valence-corrected chi connectivity index (χ1v) is 18.0. The van der Waals surface area contributed by atoms with Gasteiger partial charge in [0.05, 0.1) is 69.7 Å². The van der Waals surface area contributed by atoms with Crippen LogP contribution in [0.15, 0.2) is 36.4 Å². The number of amides is 1. The summed E-state index contributed by atoms with van der Waals surface area (Å²) in [6.07, 6.45) is -2.19. The van der Waals surface area contributed by atoms with Crippen LogP contribution >= 0.6 is 15.6 Å². The lowest BCUT2D eigenvalue weighted by Gasteiger charge is -2.33. The van der Waals surface area contributed by atoms with Crippen molar-refractivity contribution >= 4 is 50.6 Å². The summed E-state index contributed by atoms with van der Waals surface area (Å²) in [5, 5.41) is 33.4. The zero-order valence-corrected chi connectivity index (χ0v) is 29.0. The van der Waals surface area contributed by atoms with Crippen LogP contribution in [0.25, 0.3) is 0 Å². The number of para-hydroxylation sites is 1. The Hall–Kier alpha value is -4.41. The lowest BCUT2D eigenvalue weighted by molar-refractivity contribution is -0.386. The Labute approximate surface area is 294 Å². The van der Waals surface area contributed by atoms with Gasteiger partial charge in [-0.2, -0.15) is 0 Å². The largest absolute Gasteiger partial charge is 0.790 e. The maximum Gasteiger partial charge on any atom is 0.307 e. The van der Waals surface area contributed by atoms with Gasteiger partial charge in [-0.15, -0.1) is 0 Å². The first-order valence-electron chi connectivity index (χ1n) is 15.1. The normalized spacial score (nSPS) is 13.1. The van der Waals surface area contributed by atoms with E-state index >= 15 is 0 Å². The van der Waals surface area contributed by atoms with Crippen molar-refractivity contribution in [2.24, 2.45) is 0 Å². The van der Waals surface area contributed by atoms with E-state index in [1.165, 1.54) is 23.1 Å². The number of nitro benzene ring substituents is 2. The molecule has 1 aliphatic heterocycles. The number of phosphoric ester groups is 2. The van der Waals surface area contributed by atoms with Crippen LogP contribution in [-0.2, 0) is 43.7 Å². The third-order valence-electron chi connectivity index (χ3n) is 6.85. The first kappa shape index (κ1) is 43.8. The number of esters is 1. The second-order valence-electron chi connectivity index (χ2n) is 10.6. The second kappa shape index (κ2) is 20.0. The van der Waals surface area contributed by atoms with E-state index in [0.717, 1.165) is 18.2 Å². The maximum absolute atomic E-state index is 12.5. The van der Waals surface area contributed by atoms with Crippen molar-refractivity contribution in [3.05, 3.63) is 67.8 Å². The summed E-state index contributed by atoms with van der Waals surface area (Å²) in [7, 11) is -10.9. The molecule has 0 bridgehead atoms. The summed E-state index contributed by atoms with van der Waals surface area (Å²) in [4.78, 5) is 100. The Morgan fingerprint density at radius 1 is 0.846 bits per heavy atom. The quantitative estimate of drug-likeness (QED) is 0.0592. The number of nitrogens with zero attached hydrogens (tertiary/aromatic N) is 3. The highest BCUT2D eigenvalue weighted by Gasteiger charge is 2.35. The smallest absolute Gasteiger partial charge is 0.307 e. The van der Waals surface area contributed by atoms with Gasteiger partial charge in [-0.05, 0) is 18.6 Å². The molecule has 1 unspecified atom stereocenters. The van der Waals surface area contributed by atoms with Crippen molar-refractivity contribution in [2.45, 2.75) is 44.3 Å². The summed E-state index contributed by atoms with van der Waals surface area (Å²) < 4.78 is 39.9. The molecule has 52 heavy (non-hydrogen) atoms. The van der Waals surface area contributed by atoms with Crippen LogP contribution in [0, 0.1) is 20.2 Å². The second-order valence-corrected chi connectivity index (χ2v) is 12.9. The van der Waals surface area contributed by atoms with E-state index in [1.807, 2.05) is 0 Å². The van der Waals surface area contributed by atoms with Gasteiger partial charge in [0.1, 0.15) is 17.5 Å². The number of ether oxygens (including phenoxy) is 2. The Bertz CT molecular complexity index is 1670. The number of carboxylic acid groups (broad SMARTS) is 1. The molecular formula is C27H34N5O18P2-3. The van der Waals surface area contributed by atoms with Crippen molar-refractivity contribution in [1.29, 1.82) is 0 Å². The van der Waals surface area contributed by atoms with Crippen molar-refractivity contribution < 1.29 is 88.0 Å². The van der Waals surface area contributed by atoms with Gasteiger partial charge in [-0.1, -0.05) is 12.1 Å². The van der Waals surface area contributed by atoms with E-state index in [9.17, 15) is 68.4 Å². The first-order chi connectivity index (χ1) is 24.3. The Balaban J connectivity index is 0.000000402. The molecule has 0 radical (unpaired) electrons. The molecule has 23 nitrogen and oxygen atoms in total. The van der Waals surface area contributed by atoms with Crippen LogP contribution in [0.3, 0.4) is 0 Å². The SMILES string of the molecule is [NH3+]CCCC(=O)N1CCc2c(OC(COP(=O)([O-])[O-])COP(=O)([O-])[O-])ccc([N+](=O)[O-])c21.[NH3+]CCCC(=O)OC(C(=O)[O-])c1ccccc1[N+](=O)[O-]. The molecule has 0 aliphatic carbocycles. The molecule has 1 amide bonds. The number of carboxylic acids is 1. The average Bonchev–Trinajstić information content (AvgIpc) is 3.51. The molecule has 2 aromatic rings. The number of rotatable bonds is 19. The number of anilines is 1. The topological polar surface area (TPSA) is 382 Å². The number of quaternary nitrogens is 2. The van der Waals surface area contributed by atoms with E-state index in [0.29, 0.717) is 25.9 Å². The van der Waals surface area contributed by atoms with E-state index in [-0.39, 0.29) is 60.0 Å². The highest BCUT2D eigenvalue weighted by Crippen LogP contribution is 2.43. The van der Waals surface area contributed by atoms with Crippen LogP contribution in [0.2, 0.25) is 0 Å². The molecule has 6 N–H and O–H groups in total. The van der Waals surface area contributed by atoms with Gasteiger partial charge in [0.15, 0.2) is 6.10 Å². The van der Waals surface area contributed by atoms with Crippen LogP contribution in [0.1, 0.15) is 42.9 Å². The predicted octanol–water partition coefficient (Wildman–Crippen LogP) is -4.10. The van der Waals surface area contributed by atoms with Crippen molar-refractivity contribution in [3.8, 4) is 5.75 Å². The van der Waals surface area contributed by atoms with Crippen molar-refractivity contribution in [2.75, 3.05) is 37.7 Å². The molecule has 2 aromatic carbocycles. The summed E-state index contributed by atoms with van der Waals surface area (Å²) >= 11 is 0. The van der Waals surface area contributed by atoms with E-state index in [4.69, 9.17) is 9.47 Å². The number of hydrogen-bond donors (Lipinski definition) is 2. The lowest BCUT2D eigenvalue weighted by Crippen LogP contribution is -2.50. The molecule has 0 saturated carbocycles. The molecule has 25 heteroatoms. The summed E-state index contributed by atoms with van der Waals surface area (Å²) in [6.45, 7) is -0.871. The van der Waals surface area contributed by atoms with E-state index in [1.54, 1.807) is 0 Å². The molecule has 0 saturated heterocycles. The fourth-order valence-electron chi connectivity index (χ4n) is 4.62. The van der Waals surface area contributed by atoms with Gasteiger partial charge in [-0.25, -0.2) is 0 Å². The third-order valence-corrected chi connectivity index (χ3v) is 7.78. The van der Waals surface area contributed by atoms with Crippen LogP contribution in [0.5, 0.6) is 5.75 Å². The Morgan fingerprint density at radius 2 is 1.40 bits per heavy atom. The maximum atomic E-state index is 12.5. The summed E-state index contributed by atoms with van der Waals surface area (Å²) in [5.41, 5.74) is 6.36. The zero-order chi connectivity index (χ0) is 39.2. The minimum absolute atomic E-state index is 0.00604. The minimum Gasteiger partial charge on any atom is -0.790 e. The predicted molar refractivity (Wildman–Crippen MR) is 162 cm³/mol. The minimum atomic E-state index is -5.47. The monoisotopic (exact) mass is 778 g/mol. The van der Waals surface area contributed by atoms with Gasteiger partial charge >= 0.3 is 5.97 Å². The van der Waals surface area contributed by atoms with Crippen LogP contribution < -0.4 is 45.8 Å². The molecule has 1 atom stereocenters. The van der Waals surface area contributed by atoms with Gasteiger partial charge in [0.25, 0.3) is 11.4 Å². The van der Waals surface area contributed by atoms with Gasteiger partial charge < -0.3 is 73.5 Å². The molecule has 1 heterocycles. The van der Waals surface area contributed by atoms with E-state index in [2.05, 4.69) is 20.5 Å². The molecule has 0 spiro atoms. The number of nitro groups is 2. The highest BCUT2D eigenvalue weighted by atomic mass is 31.2. The zero-order valence-electron chi connectivity index (χ0n) is 27.2. The van der Waals surface area contributed by atoms with E-state index < -0.39 is 68.5 Å². The van der Waals surface area contributed by atoms with Crippen molar-refractivity contribution in [3.63, 3.8) is 0 Å². The number of hydrogen-bond acceptors (Lipinski definition) is 18. The number of carbonyl (C=O) groups excluding carboxylic acids is 3. The van der Waals surface area contributed by atoms with Crippen molar-refractivity contribution in [1.82, 2.24) is 0 Å². The van der Waals surface area contributed by atoms with Gasteiger partial charge in [0.2, 0.25) is 5.91 Å². The number of phosphoric acid groups is 2. The highest BCUT2D eigenvalue weighted by molar-refractivity contribution is 7.43. The van der Waals surface area contributed by atoms with Gasteiger partial charge in [-0.3, -0.25) is 29.8 Å². The van der Waals surface area contributed by atoms with Crippen LogP contribution in [0.4, 0.5) is 17.1 Å². The molecule has 0 fully saturated rings.